The monoisotopic (exact) mass is 312 g/mol. The van der Waals surface area contributed by atoms with Crippen molar-refractivity contribution >= 4 is 0 Å². The van der Waals surface area contributed by atoms with E-state index in [0.29, 0.717) is 17.0 Å². The third-order valence-electron chi connectivity index (χ3n) is 3.61. The Bertz CT molecular complexity index is 809. The molecule has 0 fully saturated rings. The normalized spacial score (nSPS) is 12.0. The lowest BCUT2D eigenvalue weighted by molar-refractivity contribution is 0.390. The van der Waals surface area contributed by atoms with Crippen molar-refractivity contribution in [1.82, 2.24) is 9.97 Å². The maximum absolute atomic E-state index is 14.4. The smallest absolute Gasteiger partial charge is 0.220 e. The molecule has 0 spiro atoms. The summed E-state index contributed by atoms with van der Waals surface area (Å²) in [6.45, 7) is 0. The number of nitrogens with zero attached hydrogens (tertiary/aromatic N) is 2. The molecule has 0 radical (unpaired) electrons. The number of rotatable bonds is 4. The van der Waals surface area contributed by atoms with Crippen molar-refractivity contribution in [1.29, 1.82) is 0 Å². The SMILES string of the molecule is COc1ncncc1C(c1ccccc1)c1ccc(F)cc1F. The number of methoxy groups -OCH3 is 1. The van der Waals surface area contributed by atoms with Gasteiger partial charge >= 0.3 is 0 Å². The largest absolute Gasteiger partial charge is 0.481 e. The lowest BCUT2D eigenvalue weighted by atomic mass is 9.86. The van der Waals surface area contributed by atoms with Crippen molar-refractivity contribution in [3.8, 4) is 5.88 Å². The van der Waals surface area contributed by atoms with Crippen LogP contribution in [-0.2, 0) is 0 Å². The van der Waals surface area contributed by atoms with Crippen molar-refractivity contribution < 1.29 is 13.5 Å². The zero-order valence-corrected chi connectivity index (χ0v) is 12.4. The summed E-state index contributed by atoms with van der Waals surface area (Å²) < 4.78 is 32.9. The third-order valence-corrected chi connectivity index (χ3v) is 3.61. The summed E-state index contributed by atoms with van der Waals surface area (Å²) in [6.07, 6.45) is 2.96. The molecule has 1 unspecified atom stereocenters. The molecule has 1 atom stereocenters. The summed E-state index contributed by atoms with van der Waals surface area (Å²) in [7, 11) is 1.49. The molecular formula is C18H14F2N2O. The van der Waals surface area contributed by atoms with Gasteiger partial charge in [-0.05, 0) is 11.6 Å². The van der Waals surface area contributed by atoms with Gasteiger partial charge in [0.05, 0.1) is 7.11 Å². The standard InChI is InChI=1S/C18H14F2N2O/c1-23-18-15(10-21-11-22-18)17(12-5-3-2-4-6-12)14-8-7-13(19)9-16(14)20/h2-11,17H,1H3. The second-order valence-electron chi connectivity index (χ2n) is 5.00. The fourth-order valence-electron chi connectivity index (χ4n) is 2.61. The molecule has 0 bridgehead atoms. The molecule has 3 rings (SSSR count). The second-order valence-corrected chi connectivity index (χ2v) is 5.00. The zero-order chi connectivity index (χ0) is 16.2. The summed E-state index contributed by atoms with van der Waals surface area (Å²) in [5.41, 5.74) is 1.79. The molecule has 116 valence electrons. The topological polar surface area (TPSA) is 35.0 Å². The fraction of sp³-hybridized carbons (Fsp3) is 0.111. The third kappa shape index (κ3) is 3.04. The first-order valence-corrected chi connectivity index (χ1v) is 7.04. The molecule has 0 N–H and O–H groups in total. The predicted molar refractivity (Wildman–Crippen MR) is 82.3 cm³/mol. The second kappa shape index (κ2) is 6.52. The van der Waals surface area contributed by atoms with Gasteiger partial charge in [-0.3, -0.25) is 0 Å². The molecule has 0 saturated heterocycles. The molecule has 0 aliphatic heterocycles. The summed E-state index contributed by atoms with van der Waals surface area (Å²) in [5, 5.41) is 0. The van der Waals surface area contributed by atoms with Gasteiger partial charge in [0.25, 0.3) is 0 Å². The molecule has 5 heteroatoms. The Kier molecular flexibility index (Phi) is 4.28. The van der Waals surface area contributed by atoms with Gasteiger partial charge in [0.1, 0.15) is 18.0 Å². The first kappa shape index (κ1) is 15.1. The van der Waals surface area contributed by atoms with Crippen LogP contribution < -0.4 is 4.74 Å². The van der Waals surface area contributed by atoms with Crippen LogP contribution in [0.3, 0.4) is 0 Å². The van der Waals surface area contributed by atoms with E-state index in [1.165, 1.54) is 25.6 Å². The van der Waals surface area contributed by atoms with E-state index >= 15 is 0 Å². The Morgan fingerprint density at radius 3 is 2.48 bits per heavy atom. The van der Waals surface area contributed by atoms with Gasteiger partial charge in [-0.1, -0.05) is 36.4 Å². The van der Waals surface area contributed by atoms with Crippen LogP contribution in [0.1, 0.15) is 22.6 Å². The van der Waals surface area contributed by atoms with E-state index < -0.39 is 17.6 Å². The van der Waals surface area contributed by atoms with E-state index in [1.807, 2.05) is 30.3 Å². The Hall–Kier alpha value is -2.82. The van der Waals surface area contributed by atoms with E-state index in [0.717, 1.165) is 11.6 Å². The van der Waals surface area contributed by atoms with E-state index in [2.05, 4.69) is 9.97 Å². The Labute approximate surface area is 132 Å². The van der Waals surface area contributed by atoms with Crippen LogP contribution in [0.15, 0.2) is 61.1 Å². The minimum atomic E-state index is -0.621. The van der Waals surface area contributed by atoms with Gasteiger partial charge in [-0.2, -0.15) is 0 Å². The number of hydrogen-bond acceptors (Lipinski definition) is 3. The lowest BCUT2D eigenvalue weighted by Crippen LogP contribution is -2.09. The minimum absolute atomic E-state index is 0.339. The maximum atomic E-state index is 14.4. The summed E-state index contributed by atoms with van der Waals surface area (Å²) in [4.78, 5) is 8.11. The van der Waals surface area contributed by atoms with Gasteiger partial charge in [0.2, 0.25) is 5.88 Å². The summed E-state index contributed by atoms with van der Waals surface area (Å²) >= 11 is 0. The van der Waals surface area contributed by atoms with Crippen molar-refractivity contribution in [3.63, 3.8) is 0 Å². The Balaban J connectivity index is 2.23. The van der Waals surface area contributed by atoms with Crippen molar-refractivity contribution in [2.45, 2.75) is 5.92 Å². The van der Waals surface area contributed by atoms with Crippen molar-refractivity contribution in [3.05, 3.63) is 89.4 Å². The van der Waals surface area contributed by atoms with Crippen LogP contribution in [0, 0.1) is 11.6 Å². The maximum Gasteiger partial charge on any atom is 0.220 e. The van der Waals surface area contributed by atoms with Crippen LogP contribution in [0.2, 0.25) is 0 Å². The average molecular weight is 312 g/mol. The summed E-state index contributed by atoms with van der Waals surface area (Å²) in [5.74, 6) is -1.37. The van der Waals surface area contributed by atoms with Crippen molar-refractivity contribution in [2.75, 3.05) is 7.11 Å². The highest BCUT2D eigenvalue weighted by molar-refractivity contribution is 5.46. The lowest BCUT2D eigenvalue weighted by Gasteiger charge is -2.20. The average Bonchev–Trinajstić information content (AvgIpc) is 2.58. The molecule has 0 amide bonds. The molecule has 3 aromatic rings. The number of ether oxygens (including phenoxy) is 1. The molecule has 1 heterocycles. The Morgan fingerprint density at radius 2 is 1.78 bits per heavy atom. The van der Waals surface area contributed by atoms with E-state index in [4.69, 9.17) is 4.74 Å². The van der Waals surface area contributed by atoms with Gasteiger partial charge in [-0.25, -0.2) is 18.7 Å². The van der Waals surface area contributed by atoms with Gasteiger partial charge in [0.15, 0.2) is 0 Å². The van der Waals surface area contributed by atoms with Gasteiger partial charge < -0.3 is 4.74 Å². The first-order chi connectivity index (χ1) is 11.2. The summed E-state index contributed by atoms with van der Waals surface area (Å²) in [6, 6.07) is 12.9. The quantitative estimate of drug-likeness (QED) is 0.732. The highest BCUT2D eigenvalue weighted by Gasteiger charge is 2.24. The van der Waals surface area contributed by atoms with Crippen LogP contribution >= 0.6 is 0 Å². The van der Waals surface area contributed by atoms with Crippen LogP contribution in [-0.4, -0.2) is 17.1 Å². The first-order valence-electron chi connectivity index (χ1n) is 7.04. The number of halogens is 2. The Morgan fingerprint density at radius 1 is 1.00 bits per heavy atom. The minimum Gasteiger partial charge on any atom is -0.481 e. The van der Waals surface area contributed by atoms with E-state index in [9.17, 15) is 8.78 Å². The predicted octanol–water partition coefficient (Wildman–Crippen LogP) is 3.94. The molecule has 1 aromatic heterocycles. The molecule has 3 nitrogen and oxygen atoms in total. The van der Waals surface area contributed by atoms with Crippen LogP contribution in [0.25, 0.3) is 0 Å². The van der Waals surface area contributed by atoms with E-state index in [-0.39, 0.29) is 0 Å². The van der Waals surface area contributed by atoms with Crippen LogP contribution in [0.4, 0.5) is 8.78 Å². The zero-order valence-electron chi connectivity index (χ0n) is 12.4. The molecule has 23 heavy (non-hydrogen) atoms. The molecule has 0 saturated carbocycles. The fourth-order valence-corrected chi connectivity index (χ4v) is 2.61. The van der Waals surface area contributed by atoms with Gasteiger partial charge in [0, 0.05) is 29.3 Å². The highest BCUT2D eigenvalue weighted by atomic mass is 19.1. The number of hydrogen-bond donors (Lipinski definition) is 0. The van der Waals surface area contributed by atoms with Crippen LogP contribution in [0.5, 0.6) is 5.88 Å². The molecule has 0 aliphatic carbocycles. The van der Waals surface area contributed by atoms with Gasteiger partial charge in [-0.15, -0.1) is 0 Å². The highest BCUT2D eigenvalue weighted by Crippen LogP contribution is 2.36. The van der Waals surface area contributed by atoms with E-state index in [1.54, 1.807) is 6.20 Å². The number of benzene rings is 2. The molecule has 0 aliphatic rings. The molecule has 2 aromatic carbocycles. The number of aromatic nitrogens is 2. The van der Waals surface area contributed by atoms with Crippen molar-refractivity contribution in [2.24, 2.45) is 0 Å². The molecular weight excluding hydrogens is 298 g/mol.